The summed E-state index contributed by atoms with van der Waals surface area (Å²) in [5.41, 5.74) is 9.93. The molecule has 0 aliphatic rings. The summed E-state index contributed by atoms with van der Waals surface area (Å²) in [5, 5.41) is 14.4. The molecule has 0 atom stereocenters. The van der Waals surface area contributed by atoms with Crippen LogP contribution in [0.2, 0.25) is 0 Å². The standard InChI is InChI=1S/C15H12N4S2/c1-8-14(21-9(2)18-8)11-5-13(10-3-4-20-7-10)19-15(17)12(11)6-16/h3-5,7H,1-2H3,(H2,17,19). The van der Waals surface area contributed by atoms with E-state index in [1.165, 1.54) is 0 Å². The quantitative estimate of drug-likeness (QED) is 0.776. The Hall–Kier alpha value is -2.23. The van der Waals surface area contributed by atoms with Gasteiger partial charge in [-0.25, -0.2) is 9.97 Å². The Bertz CT molecular complexity index is 841. The van der Waals surface area contributed by atoms with Crippen molar-refractivity contribution in [3.8, 4) is 27.8 Å². The molecule has 3 aromatic heterocycles. The van der Waals surface area contributed by atoms with Gasteiger partial charge in [0.2, 0.25) is 0 Å². The van der Waals surface area contributed by atoms with Crippen LogP contribution in [0.1, 0.15) is 16.3 Å². The van der Waals surface area contributed by atoms with Gasteiger partial charge < -0.3 is 5.73 Å². The Balaban J connectivity index is 2.28. The summed E-state index contributed by atoms with van der Waals surface area (Å²) in [5.74, 6) is 0.265. The van der Waals surface area contributed by atoms with Crippen LogP contribution in [0.4, 0.5) is 5.82 Å². The van der Waals surface area contributed by atoms with Crippen molar-refractivity contribution in [2.24, 2.45) is 0 Å². The van der Waals surface area contributed by atoms with E-state index in [0.29, 0.717) is 5.56 Å². The van der Waals surface area contributed by atoms with Gasteiger partial charge in [0.25, 0.3) is 0 Å². The molecule has 3 heterocycles. The summed E-state index contributed by atoms with van der Waals surface area (Å²) < 4.78 is 0. The Morgan fingerprint density at radius 1 is 1.29 bits per heavy atom. The van der Waals surface area contributed by atoms with Gasteiger partial charge in [0.1, 0.15) is 17.5 Å². The summed E-state index contributed by atoms with van der Waals surface area (Å²) in [6.45, 7) is 3.90. The lowest BCUT2D eigenvalue weighted by molar-refractivity contribution is 1.20. The minimum absolute atomic E-state index is 0.265. The maximum Gasteiger partial charge on any atom is 0.142 e. The molecule has 104 valence electrons. The number of thiazole rings is 1. The van der Waals surface area contributed by atoms with E-state index in [9.17, 15) is 5.26 Å². The normalized spacial score (nSPS) is 10.5. The molecule has 4 nitrogen and oxygen atoms in total. The van der Waals surface area contributed by atoms with Crippen LogP contribution >= 0.6 is 22.7 Å². The Kier molecular flexibility index (Phi) is 3.45. The predicted molar refractivity (Wildman–Crippen MR) is 87.3 cm³/mol. The van der Waals surface area contributed by atoms with Crippen molar-refractivity contribution >= 4 is 28.5 Å². The monoisotopic (exact) mass is 312 g/mol. The third-order valence-corrected chi connectivity index (χ3v) is 4.91. The predicted octanol–water partition coefficient (Wildman–Crippen LogP) is 4.00. The van der Waals surface area contributed by atoms with Crippen molar-refractivity contribution in [2.75, 3.05) is 5.73 Å². The summed E-state index contributed by atoms with van der Waals surface area (Å²) in [7, 11) is 0. The molecule has 0 saturated carbocycles. The van der Waals surface area contributed by atoms with Crippen molar-refractivity contribution in [2.45, 2.75) is 13.8 Å². The third kappa shape index (κ3) is 2.42. The SMILES string of the molecule is Cc1nc(C)c(-c2cc(-c3ccsc3)nc(N)c2C#N)s1. The van der Waals surface area contributed by atoms with Gasteiger partial charge in [-0.3, -0.25) is 0 Å². The number of nitriles is 1. The highest BCUT2D eigenvalue weighted by Gasteiger charge is 2.17. The first kappa shape index (κ1) is 13.7. The van der Waals surface area contributed by atoms with Crippen molar-refractivity contribution in [3.63, 3.8) is 0 Å². The van der Waals surface area contributed by atoms with Gasteiger partial charge in [0.15, 0.2) is 0 Å². The molecule has 0 aromatic carbocycles. The fourth-order valence-corrected chi connectivity index (χ4v) is 3.79. The number of aryl methyl sites for hydroxylation is 2. The molecule has 0 bridgehead atoms. The molecule has 6 heteroatoms. The molecule has 3 aromatic rings. The zero-order valence-corrected chi connectivity index (χ0v) is 13.2. The van der Waals surface area contributed by atoms with E-state index in [-0.39, 0.29) is 5.82 Å². The second kappa shape index (κ2) is 5.28. The van der Waals surface area contributed by atoms with Gasteiger partial charge >= 0.3 is 0 Å². The van der Waals surface area contributed by atoms with Crippen LogP contribution in [0.5, 0.6) is 0 Å². The number of pyridine rings is 1. The zero-order chi connectivity index (χ0) is 15.0. The molecule has 0 aliphatic carbocycles. The van der Waals surface area contributed by atoms with Gasteiger partial charge in [0, 0.05) is 16.5 Å². The summed E-state index contributed by atoms with van der Waals surface area (Å²) in [6, 6.07) is 6.09. The highest BCUT2D eigenvalue weighted by Crippen LogP contribution is 2.36. The van der Waals surface area contributed by atoms with Crippen LogP contribution in [0.3, 0.4) is 0 Å². The first-order chi connectivity index (χ1) is 10.1. The van der Waals surface area contributed by atoms with E-state index in [1.54, 1.807) is 22.7 Å². The molecular formula is C15H12N4S2. The number of thiophene rings is 1. The maximum absolute atomic E-state index is 9.40. The Morgan fingerprint density at radius 2 is 2.10 bits per heavy atom. The molecule has 0 saturated heterocycles. The fourth-order valence-electron chi connectivity index (χ4n) is 2.20. The van der Waals surface area contributed by atoms with E-state index >= 15 is 0 Å². The topological polar surface area (TPSA) is 75.6 Å². The number of hydrogen-bond acceptors (Lipinski definition) is 6. The maximum atomic E-state index is 9.40. The minimum atomic E-state index is 0.265. The number of nitrogen functional groups attached to an aromatic ring is 1. The molecule has 0 aliphatic heterocycles. The Labute approximate surface area is 130 Å². The van der Waals surface area contributed by atoms with Crippen LogP contribution in [-0.2, 0) is 0 Å². The lowest BCUT2D eigenvalue weighted by Crippen LogP contribution is -1.99. The second-order valence-corrected chi connectivity index (χ2v) is 6.57. The first-order valence-corrected chi connectivity index (χ1v) is 8.03. The highest BCUT2D eigenvalue weighted by atomic mass is 32.1. The zero-order valence-electron chi connectivity index (χ0n) is 11.5. The third-order valence-electron chi connectivity index (χ3n) is 3.12. The number of nitrogens with zero attached hydrogens (tertiary/aromatic N) is 3. The number of hydrogen-bond donors (Lipinski definition) is 1. The smallest absolute Gasteiger partial charge is 0.142 e. The van der Waals surface area contributed by atoms with Crippen molar-refractivity contribution in [1.29, 1.82) is 5.26 Å². The van der Waals surface area contributed by atoms with Crippen LogP contribution in [-0.4, -0.2) is 9.97 Å². The van der Waals surface area contributed by atoms with E-state index in [0.717, 1.165) is 32.4 Å². The van der Waals surface area contributed by atoms with Crippen molar-refractivity contribution < 1.29 is 0 Å². The van der Waals surface area contributed by atoms with E-state index in [1.807, 2.05) is 36.7 Å². The molecule has 3 rings (SSSR count). The van der Waals surface area contributed by atoms with Crippen LogP contribution in [0.25, 0.3) is 21.7 Å². The number of anilines is 1. The number of rotatable bonds is 2. The molecule has 0 fully saturated rings. The average molecular weight is 312 g/mol. The van der Waals surface area contributed by atoms with Crippen molar-refractivity contribution in [1.82, 2.24) is 9.97 Å². The van der Waals surface area contributed by atoms with E-state index in [2.05, 4.69) is 16.0 Å². The Morgan fingerprint density at radius 3 is 2.67 bits per heavy atom. The van der Waals surface area contributed by atoms with Gasteiger partial charge in [-0.05, 0) is 31.4 Å². The first-order valence-electron chi connectivity index (χ1n) is 6.27. The van der Waals surface area contributed by atoms with Gasteiger partial charge in [-0.15, -0.1) is 11.3 Å². The average Bonchev–Trinajstić information content (AvgIpc) is 3.07. The molecule has 21 heavy (non-hydrogen) atoms. The number of aromatic nitrogens is 2. The van der Waals surface area contributed by atoms with Crippen molar-refractivity contribution in [3.05, 3.63) is 39.2 Å². The molecule has 0 spiro atoms. The number of nitrogens with two attached hydrogens (primary N) is 1. The summed E-state index contributed by atoms with van der Waals surface area (Å²) >= 11 is 3.17. The molecular weight excluding hydrogens is 300 g/mol. The summed E-state index contributed by atoms with van der Waals surface area (Å²) in [6.07, 6.45) is 0. The van der Waals surface area contributed by atoms with Crippen LogP contribution in [0, 0.1) is 25.2 Å². The van der Waals surface area contributed by atoms with Crippen LogP contribution in [0.15, 0.2) is 22.9 Å². The van der Waals surface area contributed by atoms with Gasteiger partial charge in [-0.2, -0.15) is 16.6 Å². The van der Waals surface area contributed by atoms with Gasteiger partial charge in [-0.1, -0.05) is 0 Å². The molecule has 2 N–H and O–H groups in total. The molecule has 0 radical (unpaired) electrons. The molecule has 0 unspecified atom stereocenters. The largest absolute Gasteiger partial charge is 0.383 e. The second-order valence-electron chi connectivity index (χ2n) is 4.59. The highest BCUT2D eigenvalue weighted by molar-refractivity contribution is 7.15. The van der Waals surface area contributed by atoms with Gasteiger partial charge in [0.05, 0.1) is 21.3 Å². The fraction of sp³-hybridized carbons (Fsp3) is 0.133. The van der Waals surface area contributed by atoms with E-state index < -0.39 is 0 Å². The lowest BCUT2D eigenvalue weighted by atomic mass is 10.0. The minimum Gasteiger partial charge on any atom is -0.383 e. The summed E-state index contributed by atoms with van der Waals surface area (Å²) in [4.78, 5) is 9.77. The lowest BCUT2D eigenvalue weighted by Gasteiger charge is -2.08. The molecule has 0 amide bonds. The van der Waals surface area contributed by atoms with Crippen LogP contribution < -0.4 is 5.73 Å². The van der Waals surface area contributed by atoms with E-state index in [4.69, 9.17) is 5.73 Å².